The summed E-state index contributed by atoms with van der Waals surface area (Å²) in [5.74, 6) is 1.94. The Labute approximate surface area is 334 Å². The lowest BCUT2D eigenvalue weighted by atomic mass is 9.89. The maximum absolute atomic E-state index is 6.77. The van der Waals surface area contributed by atoms with Crippen LogP contribution in [0.5, 0.6) is 0 Å². The zero-order chi connectivity index (χ0) is 38.3. The highest BCUT2D eigenvalue weighted by Crippen LogP contribution is 2.43. The van der Waals surface area contributed by atoms with Gasteiger partial charge in [-0.05, 0) is 77.2 Å². The lowest BCUT2D eigenvalue weighted by Gasteiger charge is -2.26. The lowest BCUT2D eigenvalue weighted by molar-refractivity contribution is 0.445. The van der Waals surface area contributed by atoms with Crippen molar-refractivity contribution < 1.29 is 4.42 Å². The Morgan fingerprint density at radius 3 is 1.83 bits per heavy atom. The van der Waals surface area contributed by atoms with Gasteiger partial charge in [0.05, 0.1) is 39.2 Å². The minimum Gasteiger partial charge on any atom is -0.456 e. The van der Waals surface area contributed by atoms with Crippen LogP contribution in [0.4, 0.5) is 0 Å². The maximum atomic E-state index is 6.77. The third-order valence-electron chi connectivity index (χ3n) is 12.3. The molecule has 5 heteroatoms. The van der Waals surface area contributed by atoms with E-state index in [2.05, 4.69) is 192 Å². The molecule has 58 heavy (non-hydrogen) atoms. The topological polar surface area (TPSA) is 47.7 Å². The summed E-state index contributed by atoms with van der Waals surface area (Å²) < 4.78 is 11.6. The van der Waals surface area contributed by atoms with E-state index >= 15 is 0 Å². The Morgan fingerprint density at radius 2 is 1.10 bits per heavy atom. The number of hydrogen-bond donors (Lipinski definition) is 0. The molecule has 5 nitrogen and oxygen atoms in total. The number of furan rings is 1. The van der Waals surface area contributed by atoms with E-state index in [1.165, 1.54) is 48.9 Å². The highest BCUT2D eigenvalue weighted by Gasteiger charge is 2.28. The molecule has 0 fully saturated rings. The summed E-state index contributed by atoms with van der Waals surface area (Å²) in [4.78, 5) is 11.2. The Balaban J connectivity index is 1.13. The minimum absolute atomic E-state index is 0.177. The van der Waals surface area contributed by atoms with Crippen LogP contribution in [0, 0.1) is 5.92 Å². The molecule has 1 aliphatic heterocycles. The van der Waals surface area contributed by atoms with Crippen LogP contribution in [0.15, 0.2) is 190 Å². The van der Waals surface area contributed by atoms with Crippen molar-refractivity contribution in [2.75, 3.05) is 0 Å². The van der Waals surface area contributed by atoms with E-state index in [1.54, 1.807) is 0 Å². The molecule has 8 aromatic carbocycles. The summed E-state index contributed by atoms with van der Waals surface area (Å²) >= 11 is 0. The van der Waals surface area contributed by atoms with Gasteiger partial charge in [-0.1, -0.05) is 134 Å². The molecule has 0 amide bonds. The average Bonchev–Trinajstić information content (AvgIpc) is 3.92. The molecule has 1 aliphatic rings. The van der Waals surface area contributed by atoms with Crippen molar-refractivity contribution in [1.29, 1.82) is 0 Å². The van der Waals surface area contributed by atoms with Gasteiger partial charge in [0, 0.05) is 38.9 Å². The predicted octanol–water partition coefficient (Wildman–Crippen LogP) is 13.8. The molecule has 0 aliphatic carbocycles. The quantitative estimate of drug-likeness (QED) is 0.178. The minimum atomic E-state index is -0.177. The van der Waals surface area contributed by atoms with Crippen molar-refractivity contribution in [3.63, 3.8) is 0 Å². The lowest BCUT2D eigenvalue weighted by Crippen LogP contribution is -2.21. The SMILES string of the molecule is CC1CC/C(n2c3ccccc3c3ccccc32)=N\C(c2ccccc2)=N/C1c1cc(-n2c3ccccc3c3cc4ccccc4cc32)c2c(c1)oc1ccccc12. The molecule has 0 saturated heterocycles. The van der Waals surface area contributed by atoms with Gasteiger partial charge in [0.15, 0.2) is 5.84 Å². The predicted molar refractivity (Wildman–Crippen MR) is 242 cm³/mol. The maximum Gasteiger partial charge on any atom is 0.157 e. The fraction of sp³-hybridized carbons (Fsp3) is 0.0943. The summed E-state index contributed by atoms with van der Waals surface area (Å²) in [6, 6.07) is 62.8. The van der Waals surface area contributed by atoms with Crippen LogP contribution in [0.2, 0.25) is 0 Å². The van der Waals surface area contributed by atoms with Crippen LogP contribution < -0.4 is 0 Å². The third kappa shape index (κ3) is 5.03. The molecule has 12 rings (SSSR count). The molecule has 0 radical (unpaired) electrons. The molecule has 0 bridgehead atoms. The zero-order valence-corrected chi connectivity index (χ0v) is 32.0. The number of amidine groups is 1. The van der Waals surface area contributed by atoms with E-state index in [0.29, 0.717) is 0 Å². The molecule has 0 saturated carbocycles. The van der Waals surface area contributed by atoms with Gasteiger partial charge >= 0.3 is 0 Å². The number of benzene rings is 8. The second kappa shape index (κ2) is 12.9. The molecule has 4 heterocycles. The van der Waals surface area contributed by atoms with E-state index in [0.717, 1.165) is 68.8 Å². The Kier molecular flexibility index (Phi) is 7.33. The van der Waals surface area contributed by atoms with Crippen LogP contribution in [0.3, 0.4) is 0 Å². The van der Waals surface area contributed by atoms with Crippen molar-refractivity contribution in [2.45, 2.75) is 25.8 Å². The number of para-hydroxylation sites is 4. The van der Waals surface area contributed by atoms with E-state index in [1.807, 2.05) is 0 Å². The van der Waals surface area contributed by atoms with E-state index in [9.17, 15) is 0 Å². The average molecular weight is 747 g/mol. The zero-order valence-electron chi connectivity index (χ0n) is 32.0. The fourth-order valence-electron chi connectivity index (χ4n) is 9.59. The third-order valence-corrected chi connectivity index (χ3v) is 12.3. The normalized spacial score (nSPS) is 18.2. The number of rotatable bonds is 3. The van der Waals surface area contributed by atoms with Crippen molar-refractivity contribution in [3.05, 3.63) is 187 Å². The van der Waals surface area contributed by atoms with Crippen LogP contribution in [0.25, 0.3) is 82.0 Å². The highest BCUT2D eigenvalue weighted by molar-refractivity contribution is 6.18. The van der Waals surface area contributed by atoms with Crippen LogP contribution in [-0.4, -0.2) is 20.8 Å². The van der Waals surface area contributed by atoms with Gasteiger partial charge in [0.1, 0.15) is 17.0 Å². The molecular weight excluding hydrogens is 709 g/mol. The van der Waals surface area contributed by atoms with E-state index in [-0.39, 0.29) is 12.0 Å². The second-order valence-electron chi connectivity index (χ2n) is 15.8. The number of hydrogen-bond acceptors (Lipinski definition) is 3. The Hall–Kier alpha value is -7.24. The van der Waals surface area contributed by atoms with Gasteiger partial charge in [-0.15, -0.1) is 0 Å². The smallest absolute Gasteiger partial charge is 0.157 e. The molecule has 2 unspecified atom stereocenters. The summed E-state index contributed by atoms with van der Waals surface area (Å²) in [7, 11) is 0. The van der Waals surface area contributed by atoms with Crippen LogP contribution in [0.1, 0.15) is 36.9 Å². The van der Waals surface area contributed by atoms with Gasteiger partial charge in [-0.25, -0.2) is 4.99 Å². The summed E-state index contributed by atoms with van der Waals surface area (Å²) in [5, 5.41) is 9.58. The molecule has 0 spiro atoms. The fourth-order valence-corrected chi connectivity index (χ4v) is 9.59. The first kappa shape index (κ1) is 33.0. The second-order valence-corrected chi connectivity index (χ2v) is 15.8. The molecular formula is C53H38N4O. The van der Waals surface area contributed by atoms with Crippen LogP contribution >= 0.6 is 0 Å². The van der Waals surface area contributed by atoms with Gasteiger partial charge in [0.2, 0.25) is 0 Å². The molecule has 2 atom stereocenters. The van der Waals surface area contributed by atoms with Crippen molar-refractivity contribution in [2.24, 2.45) is 15.9 Å². The largest absolute Gasteiger partial charge is 0.456 e. The summed E-state index contributed by atoms with van der Waals surface area (Å²) in [5.41, 5.74) is 9.61. The van der Waals surface area contributed by atoms with Gasteiger partial charge < -0.3 is 8.98 Å². The monoisotopic (exact) mass is 746 g/mol. The standard InChI is InChI=1S/C53H38N4O/c1-33-27-28-50(57-44-24-12-7-19-38(44)39-20-8-13-25-45(39)57)54-53(34-15-3-2-4-16-34)55-52(33)37-31-47(51-41-22-10-14-26-48(41)58-49(51)32-37)56-43-23-11-9-21-40(43)42-29-35-17-5-6-18-36(35)30-46(42)56/h2-26,29-33,52H,27-28H2,1H3/b54-50+,55-53-. The van der Waals surface area contributed by atoms with Crippen molar-refractivity contribution in [3.8, 4) is 5.69 Å². The Morgan fingerprint density at radius 1 is 0.517 bits per heavy atom. The molecule has 0 N–H and O–H groups in total. The number of aromatic nitrogens is 2. The van der Waals surface area contributed by atoms with Crippen molar-refractivity contribution >= 4 is 88.0 Å². The Bertz CT molecular complexity index is 3440. The molecule has 276 valence electrons. The number of fused-ring (bicyclic) bond motifs is 10. The van der Waals surface area contributed by atoms with E-state index < -0.39 is 0 Å². The van der Waals surface area contributed by atoms with Gasteiger partial charge in [-0.3, -0.25) is 9.56 Å². The number of aliphatic imine (C=N–C) groups is 2. The molecule has 3 aromatic heterocycles. The van der Waals surface area contributed by atoms with Crippen LogP contribution in [-0.2, 0) is 0 Å². The first-order valence-corrected chi connectivity index (χ1v) is 20.2. The van der Waals surface area contributed by atoms with E-state index in [4.69, 9.17) is 14.4 Å². The summed E-state index contributed by atoms with van der Waals surface area (Å²) in [6.45, 7) is 2.35. The first-order chi connectivity index (χ1) is 28.7. The summed E-state index contributed by atoms with van der Waals surface area (Å²) in [6.07, 6.45) is 1.71. The van der Waals surface area contributed by atoms with Gasteiger partial charge in [0.25, 0.3) is 0 Å². The first-order valence-electron chi connectivity index (χ1n) is 20.2. The number of nitrogens with zero attached hydrogens (tertiary/aromatic N) is 4. The highest BCUT2D eigenvalue weighted by atomic mass is 16.3. The van der Waals surface area contributed by atoms with Crippen molar-refractivity contribution in [1.82, 2.24) is 9.13 Å². The van der Waals surface area contributed by atoms with Gasteiger partial charge in [-0.2, -0.15) is 0 Å². The molecule has 11 aromatic rings.